The fourth-order valence-corrected chi connectivity index (χ4v) is 2.14. The van der Waals surface area contributed by atoms with Crippen molar-refractivity contribution >= 4 is 5.69 Å². The lowest BCUT2D eigenvalue weighted by atomic mass is 10.1. The number of benzene rings is 1. The average Bonchev–Trinajstić information content (AvgIpc) is 2.73. The molecule has 4 nitrogen and oxygen atoms in total. The van der Waals surface area contributed by atoms with E-state index in [1.54, 1.807) is 7.11 Å². The number of methoxy groups -OCH3 is 1. The molecule has 2 aliphatic rings. The highest BCUT2D eigenvalue weighted by Crippen LogP contribution is 2.47. The first-order valence-corrected chi connectivity index (χ1v) is 5.13. The Morgan fingerprint density at radius 3 is 3.07 bits per heavy atom. The Balaban J connectivity index is 2.19. The van der Waals surface area contributed by atoms with Crippen molar-refractivity contribution in [3.8, 4) is 17.2 Å². The smallest absolute Gasteiger partial charge is 0.204 e. The SMILES string of the molecule is COc1c2c(cc3c1OCCO3)NCC2. The van der Waals surface area contributed by atoms with Crippen molar-refractivity contribution < 1.29 is 14.2 Å². The van der Waals surface area contributed by atoms with E-state index >= 15 is 0 Å². The first-order chi connectivity index (χ1) is 7.40. The molecule has 2 heterocycles. The number of ether oxygens (including phenoxy) is 3. The summed E-state index contributed by atoms with van der Waals surface area (Å²) in [6.45, 7) is 2.15. The summed E-state index contributed by atoms with van der Waals surface area (Å²) in [6.07, 6.45) is 0.981. The van der Waals surface area contributed by atoms with Gasteiger partial charge in [-0.1, -0.05) is 0 Å². The summed E-state index contributed by atoms with van der Waals surface area (Å²) < 4.78 is 16.5. The third kappa shape index (κ3) is 1.21. The van der Waals surface area contributed by atoms with Gasteiger partial charge >= 0.3 is 0 Å². The van der Waals surface area contributed by atoms with Crippen LogP contribution >= 0.6 is 0 Å². The number of hydrogen-bond donors (Lipinski definition) is 1. The molecule has 0 radical (unpaired) electrons. The van der Waals surface area contributed by atoms with E-state index in [0.29, 0.717) is 13.2 Å². The Morgan fingerprint density at radius 2 is 2.20 bits per heavy atom. The number of hydrogen-bond acceptors (Lipinski definition) is 4. The van der Waals surface area contributed by atoms with Crippen LogP contribution in [0, 0.1) is 0 Å². The third-order valence-corrected chi connectivity index (χ3v) is 2.79. The fourth-order valence-electron chi connectivity index (χ4n) is 2.14. The van der Waals surface area contributed by atoms with E-state index in [1.807, 2.05) is 6.07 Å². The van der Waals surface area contributed by atoms with Gasteiger partial charge in [-0.2, -0.15) is 0 Å². The van der Waals surface area contributed by atoms with Crippen LogP contribution in [0.2, 0.25) is 0 Å². The van der Waals surface area contributed by atoms with Gasteiger partial charge in [0.15, 0.2) is 11.5 Å². The molecule has 0 spiro atoms. The van der Waals surface area contributed by atoms with Crippen molar-refractivity contribution in [1.29, 1.82) is 0 Å². The lowest BCUT2D eigenvalue weighted by Gasteiger charge is -2.22. The fraction of sp³-hybridized carbons (Fsp3) is 0.455. The van der Waals surface area contributed by atoms with Crippen molar-refractivity contribution in [2.24, 2.45) is 0 Å². The van der Waals surface area contributed by atoms with Crippen LogP contribution in [0.15, 0.2) is 6.07 Å². The second kappa shape index (κ2) is 3.22. The van der Waals surface area contributed by atoms with Crippen LogP contribution in [-0.2, 0) is 6.42 Å². The van der Waals surface area contributed by atoms with Gasteiger partial charge in [0.1, 0.15) is 13.2 Å². The Kier molecular flexibility index (Phi) is 1.87. The minimum atomic E-state index is 0.593. The maximum absolute atomic E-state index is 5.59. The molecule has 0 aromatic heterocycles. The highest BCUT2D eigenvalue weighted by Gasteiger charge is 2.25. The predicted molar refractivity (Wildman–Crippen MR) is 56.2 cm³/mol. The Labute approximate surface area is 88.1 Å². The third-order valence-electron chi connectivity index (χ3n) is 2.79. The largest absolute Gasteiger partial charge is 0.492 e. The summed E-state index contributed by atoms with van der Waals surface area (Å²) in [6, 6.07) is 2.00. The van der Waals surface area contributed by atoms with Crippen LogP contribution in [0.4, 0.5) is 5.69 Å². The number of rotatable bonds is 1. The molecule has 0 bridgehead atoms. The van der Waals surface area contributed by atoms with Crippen molar-refractivity contribution in [1.82, 2.24) is 0 Å². The van der Waals surface area contributed by atoms with Crippen molar-refractivity contribution in [3.05, 3.63) is 11.6 Å². The van der Waals surface area contributed by atoms with E-state index in [1.165, 1.54) is 5.56 Å². The molecule has 2 aliphatic heterocycles. The van der Waals surface area contributed by atoms with E-state index in [4.69, 9.17) is 14.2 Å². The monoisotopic (exact) mass is 207 g/mol. The molecule has 0 atom stereocenters. The topological polar surface area (TPSA) is 39.7 Å². The van der Waals surface area contributed by atoms with Crippen LogP contribution in [0.3, 0.4) is 0 Å². The zero-order valence-electron chi connectivity index (χ0n) is 8.63. The van der Waals surface area contributed by atoms with Gasteiger partial charge in [-0.15, -0.1) is 0 Å². The van der Waals surface area contributed by atoms with Gasteiger partial charge in [0.05, 0.1) is 7.11 Å². The molecule has 0 saturated carbocycles. The normalized spacial score (nSPS) is 16.9. The molecular weight excluding hydrogens is 194 g/mol. The highest BCUT2D eigenvalue weighted by atomic mass is 16.6. The van der Waals surface area contributed by atoms with E-state index < -0.39 is 0 Å². The molecule has 0 aliphatic carbocycles. The lowest BCUT2D eigenvalue weighted by molar-refractivity contribution is 0.165. The van der Waals surface area contributed by atoms with Crippen LogP contribution < -0.4 is 19.5 Å². The molecule has 3 rings (SSSR count). The predicted octanol–water partition coefficient (Wildman–Crippen LogP) is 1.43. The first kappa shape index (κ1) is 8.71. The summed E-state index contributed by atoms with van der Waals surface area (Å²) in [5.74, 6) is 2.37. The molecule has 0 amide bonds. The first-order valence-electron chi connectivity index (χ1n) is 5.13. The summed E-state index contributed by atoms with van der Waals surface area (Å²) in [5, 5.41) is 3.31. The second-order valence-electron chi connectivity index (χ2n) is 3.64. The van der Waals surface area contributed by atoms with E-state index in [0.717, 1.165) is 35.9 Å². The highest BCUT2D eigenvalue weighted by molar-refractivity contribution is 5.71. The summed E-state index contributed by atoms with van der Waals surface area (Å²) in [7, 11) is 1.67. The van der Waals surface area contributed by atoms with E-state index in [-0.39, 0.29) is 0 Å². The Bertz CT molecular complexity index is 403. The molecule has 0 unspecified atom stereocenters. The van der Waals surface area contributed by atoms with Gasteiger partial charge < -0.3 is 19.5 Å². The zero-order chi connectivity index (χ0) is 10.3. The van der Waals surface area contributed by atoms with Gasteiger partial charge in [-0.05, 0) is 6.42 Å². The molecular formula is C11H13NO3. The van der Waals surface area contributed by atoms with Crippen molar-refractivity contribution in [2.75, 3.05) is 32.2 Å². The molecule has 4 heteroatoms. The van der Waals surface area contributed by atoms with Crippen molar-refractivity contribution in [3.63, 3.8) is 0 Å². The molecule has 1 aromatic rings. The van der Waals surface area contributed by atoms with Crippen LogP contribution in [0.25, 0.3) is 0 Å². The van der Waals surface area contributed by atoms with Crippen LogP contribution in [0.1, 0.15) is 5.56 Å². The maximum Gasteiger partial charge on any atom is 0.204 e. The molecule has 1 aromatic carbocycles. The standard InChI is InChI=1S/C11H13NO3/c1-13-10-7-2-3-12-8(7)6-9-11(10)15-5-4-14-9/h6,12H,2-5H2,1H3. The number of fused-ring (bicyclic) bond motifs is 2. The lowest BCUT2D eigenvalue weighted by Crippen LogP contribution is -2.16. The molecule has 1 N–H and O–H groups in total. The second-order valence-corrected chi connectivity index (χ2v) is 3.64. The minimum absolute atomic E-state index is 0.593. The molecule has 0 saturated heterocycles. The van der Waals surface area contributed by atoms with Gasteiger partial charge in [0.25, 0.3) is 0 Å². The van der Waals surface area contributed by atoms with Crippen LogP contribution in [-0.4, -0.2) is 26.9 Å². The van der Waals surface area contributed by atoms with E-state index in [2.05, 4.69) is 5.32 Å². The minimum Gasteiger partial charge on any atom is -0.492 e. The molecule has 15 heavy (non-hydrogen) atoms. The zero-order valence-corrected chi connectivity index (χ0v) is 8.63. The summed E-state index contributed by atoms with van der Waals surface area (Å²) in [5.41, 5.74) is 2.30. The average molecular weight is 207 g/mol. The summed E-state index contributed by atoms with van der Waals surface area (Å²) in [4.78, 5) is 0. The molecule has 0 fully saturated rings. The van der Waals surface area contributed by atoms with Gasteiger partial charge in [-0.25, -0.2) is 0 Å². The summed E-state index contributed by atoms with van der Waals surface area (Å²) >= 11 is 0. The number of nitrogens with one attached hydrogen (secondary N) is 1. The molecule has 80 valence electrons. The maximum atomic E-state index is 5.59. The van der Waals surface area contributed by atoms with Gasteiger partial charge in [0, 0.05) is 23.9 Å². The number of anilines is 1. The van der Waals surface area contributed by atoms with Gasteiger partial charge in [0.2, 0.25) is 5.75 Å². The Hall–Kier alpha value is -1.58. The van der Waals surface area contributed by atoms with Gasteiger partial charge in [-0.3, -0.25) is 0 Å². The Morgan fingerprint density at radius 1 is 1.33 bits per heavy atom. The quantitative estimate of drug-likeness (QED) is 0.756. The van der Waals surface area contributed by atoms with E-state index in [9.17, 15) is 0 Å². The van der Waals surface area contributed by atoms with Crippen LogP contribution in [0.5, 0.6) is 17.2 Å². The van der Waals surface area contributed by atoms with Crippen molar-refractivity contribution in [2.45, 2.75) is 6.42 Å².